The SMILES string of the molecule is CNCc1cc(CN(C)Cc2ccccc2C)oc1C. The summed E-state index contributed by atoms with van der Waals surface area (Å²) < 4.78 is 5.82. The molecule has 1 aromatic heterocycles. The van der Waals surface area contributed by atoms with Crippen molar-refractivity contribution in [2.24, 2.45) is 0 Å². The van der Waals surface area contributed by atoms with Crippen LogP contribution in [0, 0.1) is 13.8 Å². The van der Waals surface area contributed by atoms with Crippen molar-refractivity contribution >= 4 is 0 Å². The molecule has 108 valence electrons. The molecule has 0 aliphatic heterocycles. The van der Waals surface area contributed by atoms with Crippen molar-refractivity contribution in [1.29, 1.82) is 0 Å². The molecule has 0 atom stereocenters. The molecule has 1 aromatic carbocycles. The Bertz CT molecular complexity index is 560. The molecule has 0 aliphatic rings. The van der Waals surface area contributed by atoms with E-state index in [2.05, 4.69) is 54.5 Å². The van der Waals surface area contributed by atoms with Gasteiger partial charge in [0.1, 0.15) is 11.5 Å². The van der Waals surface area contributed by atoms with Gasteiger partial charge in [-0.1, -0.05) is 24.3 Å². The van der Waals surface area contributed by atoms with Crippen LogP contribution in [0.15, 0.2) is 34.7 Å². The van der Waals surface area contributed by atoms with E-state index in [-0.39, 0.29) is 0 Å². The zero-order valence-electron chi connectivity index (χ0n) is 12.9. The maximum atomic E-state index is 5.82. The van der Waals surface area contributed by atoms with Crippen molar-refractivity contribution in [3.05, 3.63) is 58.5 Å². The maximum absolute atomic E-state index is 5.82. The first-order valence-electron chi connectivity index (χ1n) is 7.06. The molecule has 0 unspecified atom stereocenters. The third-order valence-electron chi connectivity index (χ3n) is 3.57. The summed E-state index contributed by atoms with van der Waals surface area (Å²) >= 11 is 0. The fraction of sp³-hybridized carbons (Fsp3) is 0.412. The van der Waals surface area contributed by atoms with Gasteiger partial charge in [-0.3, -0.25) is 4.90 Å². The molecule has 0 aliphatic carbocycles. The molecule has 3 heteroatoms. The first-order valence-corrected chi connectivity index (χ1v) is 7.06. The Hall–Kier alpha value is -1.58. The molecule has 2 rings (SSSR count). The van der Waals surface area contributed by atoms with E-state index in [9.17, 15) is 0 Å². The molecule has 0 spiro atoms. The van der Waals surface area contributed by atoms with Crippen LogP contribution in [0.5, 0.6) is 0 Å². The Morgan fingerprint density at radius 1 is 1.10 bits per heavy atom. The Labute approximate surface area is 121 Å². The van der Waals surface area contributed by atoms with Gasteiger partial charge in [0.2, 0.25) is 0 Å². The van der Waals surface area contributed by atoms with Gasteiger partial charge in [0, 0.05) is 18.7 Å². The third kappa shape index (κ3) is 3.71. The number of hydrogen-bond acceptors (Lipinski definition) is 3. The molecule has 0 saturated carbocycles. The van der Waals surface area contributed by atoms with E-state index in [1.165, 1.54) is 16.7 Å². The molecule has 0 saturated heterocycles. The van der Waals surface area contributed by atoms with Gasteiger partial charge in [-0.2, -0.15) is 0 Å². The molecule has 1 heterocycles. The fourth-order valence-corrected chi connectivity index (χ4v) is 2.43. The van der Waals surface area contributed by atoms with E-state index < -0.39 is 0 Å². The number of aryl methyl sites for hydroxylation is 2. The molecule has 20 heavy (non-hydrogen) atoms. The third-order valence-corrected chi connectivity index (χ3v) is 3.57. The second-order valence-corrected chi connectivity index (χ2v) is 5.42. The van der Waals surface area contributed by atoms with E-state index >= 15 is 0 Å². The summed E-state index contributed by atoms with van der Waals surface area (Å²) in [5.41, 5.74) is 3.95. The highest BCUT2D eigenvalue weighted by atomic mass is 16.3. The minimum absolute atomic E-state index is 0.832. The average Bonchev–Trinajstić information content (AvgIpc) is 2.73. The number of benzene rings is 1. The summed E-state index contributed by atoms with van der Waals surface area (Å²) in [6, 6.07) is 10.7. The lowest BCUT2D eigenvalue weighted by Crippen LogP contribution is -2.17. The molecular weight excluding hydrogens is 248 g/mol. The minimum Gasteiger partial charge on any atom is -0.465 e. The molecule has 2 aromatic rings. The number of nitrogens with zero attached hydrogens (tertiary/aromatic N) is 1. The average molecular weight is 272 g/mol. The van der Waals surface area contributed by atoms with Crippen LogP contribution in [0.2, 0.25) is 0 Å². The van der Waals surface area contributed by atoms with Crippen LogP contribution < -0.4 is 5.32 Å². The van der Waals surface area contributed by atoms with Crippen LogP contribution in [-0.2, 0) is 19.6 Å². The van der Waals surface area contributed by atoms with Crippen LogP contribution in [0.3, 0.4) is 0 Å². The number of hydrogen-bond donors (Lipinski definition) is 1. The van der Waals surface area contributed by atoms with Crippen molar-refractivity contribution in [2.45, 2.75) is 33.5 Å². The summed E-state index contributed by atoms with van der Waals surface area (Å²) in [7, 11) is 4.08. The van der Waals surface area contributed by atoms with E-state index in [0.29, 0.717) is 0 Å². The van der Waals surface area contributed by atoms with Crippen LogP contribution in [0.4, 0.5) is 0 Å². The maximum Gasteiger partial charge on any atom is 0.118 e. The smallest absolute Gasteiger partial charge is 0.118 e. The largest absolute Gasteiger partial charge is 0.465 e. The number of furan rings is 1. The highest BCUT2D eigenvalue weighted by molar-refractivity contribution is 5.25. The predicted molar refractivity (Wildman–Crippen MR) is 82.6 cm³/mol. The Morgan fingerprint density at radius 2 is 1.85 bits per heavy atom. The van der Waals surface area contributed by atoms with Gasteiger partial charge in [0.05, 0.1) is 6.54 Å². The lowest BCUT2D eigenvalue weighted by atomic mass is 10.1. The molecule has 0 radical (unpaired) electrons. The second-order valence-electron chi connectivity index (χ2n) is 5.42. The fourth-order valence-electron chi connectivity index (χ4n) is 2.43. The summed E-state index contributed by atoms with van der Waals surface area (Å²) in [5.74, 6) is 2.04. The first kappa shape index (κ1) is 14.8. The molecule has 0 bridgehead atoms. The monoisotopic (exact) mass is 272 g/mol. The van der Waals surface area contributed by atoms with Gasteiger partial charge in [-0.25, -0.2) is 0 Å². The standard InChI is InChI=1S/C17H24N2O/c1-13-7-5-6-8-15(13)11-19(4)12-17-9-16(10-18-3)14(2)20-17/h5-9,18H,10-12H2,1-4H3. The lowest BCUT2D eigenvalue weighted by molar-refractivity contribution is 0.284. The van der Waals surface area contributed by atoms with Gasteiger partial charge in [0.15, 0.2) is 0 Å². The van der Waals surface area contributed by atoms with E-state index in [1.54, 1.807) is 0 Å². The van der Waals surface area contributed by atoms with E-state index in [0.717, 1.165) is 31.2 Å². The van der Waals surface area contributed by atoms with Crippen LogP contribution in [0.1, 0.15) is 28.2 Å². The molecular formula is C17H24N2O. The van der Waals surface area contributed by atoms with Gasteiger partial charge < -0.3 is 9.73 Å². The lowest BCUT2D eigenvalue weighted by Gasteiger charge is -2.16. The van der Waals surface area contributed by atoms with Crippen molar-refractivity contribution in [3.8, 4) is 0 Å². The predicted octanol–water partition coefficient (Wildman–Crippen LogP) is 3.25. The molecule has 0 fully saturated rings. The van der Waals surface area contributed by atoms with E-state index in [1.807, 2.05) is 14.0 Å². The van der Waals surface area contributed by atoms with Crippen LogP contribution in [-0.4, -0.2) is 19.0 Å². The number of rotatable bonds is 6. The summed E-state index contributed by atoms with van der Waals surface area (Å²) in [4.78, 5) is 2.28. The summed E-state index contributed by atoms with van der Waals surface area (Å²) in [6.07, 6.45) is 0. The van der Waals surface area contributed by atoms with Gasteiger partial charge >= 0.3 is 0 Å². The van der Waals surface area contributed by atoms with Crippen LogP contribution in [0.25, 0.3) is 0 Å². The van der Waals surface area contributed by atoms with Crippen molar-refractivity contribution in [1.82, 2.24) is 10.2 Å². The zero-order valence-corrected chi connectivity index (χ0v) is 12.9. The van der Waals surface area contributed by atoms with Crippen LogP contribution >= 0.6 is 0 Å². The highest BCUT2D eigenvalue weighted by Crippen LogP contribution is 2.17. The topological polar surface area (TPSA) is 28.4 Å². The quantitative estimate of drug-likeness (QED) is 0.875. The number of nitrogens with one attached hydrogen (secondary N) is 1. The van der Waals surface area contributed by atoms with Gasteiger partial charge in [0.25, 0.3) is 0 Å². The normalized spacial score (nSPS) is 11.2. The molecule has 3 nitrogen and oxygen atoms in total. The molecule has 0 amide bonds. The Kier molecular flexibility index (Phi) is 4.99. The summed E-state index contributed by atoms with van der Waals surface area (Å²) in [6.45, 7) is 6.81. The van der Waals surface area contributed by atoms with Gasteiger partial charge in [-0.15, -0.1) is 0 Å². The van der Waals surface area contributed by atoms with Gasteiger partial charge in [-0.05, 0) is 45.1 Å². The van der Waals surface area contributed by atoms with Crippen molar-refractivity contribution < 1.29 is 4.42 Å². The zero-order chi connectivity index (χ0) is 14.5. The van der Waals surface area contributed by atoms with Crippen molar-refractivity contribution in [3.63, 3.8) is 0 Å². The summed E-state index contributed by atoms with van der Waals surface area (Å²) in [5, 5.41) is 3.17. The Balaban J connectivity index is 1.99. The minimum atomic E-state index is 0.832. The molecule has 1 N–H and O–H groups in total. The highest BCUT2D eigenvalue weighted by Gasteiger charge is 2.10. The second kappa shape index (κ2) is 6.73. The van der Waals surface area contributed by atoms with Crippen molar-refractivity contribution in [2.75, 3.05) is 14.1 Å². The first-order chi connectivity index (χ1) is 9.60. The van der Waals surface area contributed by atoms with E-state index in [4.69, 9.17) is 4.42 Å². The Morgan fingerprint density at radius 3 is 2.55 bits per heavy atom.